The largest absolute Gasteiger partial charge is 0.397 e. The summed E-state index contributed by atoms with van der Waals surface area (Å²) in [4.78, 5) is 12.5. The highest BCUT2D eigenvalue weighted by Gasteiger charge is 2.11. The van der Waals surface area contributed by atoms with Crippen molar-refractivity contribution in [2.45, 2.75) is 4.90 Å². The molecule has 4 nitrogen and oxygen atoms in total. The van der Waals surface area contributed by atoms with Crippen LogP contribution < -0.4 is 11.1 Å². The maximum atomic E-state index is 12.0. The van der Waals surface area contributed by atoms with Gasteiger partial charge in [-0.25, -0.2) is 0 Å². The van der Waals surface area contributed by atoms with Crippen LogP contribution >= 0.6 is 11.6 Å². The number of carbonyl (C=O) groups excluding carboxylic acids is 1. The fourth-order valence-electron chi connectivity index (χ4n) is 1.60. The average Bonchev–Trinajstić information content (AvgIpc) is 2.43. The van der Waals surface area contributed by atoms with Crippen molar-refractivity contribution in [3.63, 3.8) is 0 Å². The third-order valence-electron chi connectivity index (χ3n) is 2.56. The lowest BCUT2D eigenvalue weighted by Crippen LogP contribution is -2.20. The highest BCUT2D eigenvalue weighted by Crippen LogP contribution is 2.22. The van der Waals surface area contributed by atoms with Crippen LogP contribution in [0, 0.1) is 0 Å². The van der Waals surface area contributed by atoms with Gasteiger partial charge in [0.2, 0.25) is 5.91 Å². The average molecular weight is 309 g/mol. The molecule has 3 N–H and O–H groups in total. The lowest BCUT2D eigenvalue weighted by Gasteiger charge is -2.08. The molecule has 2 aromatic rings. The van der Waals surface area contributed by atoms with Crippen molar-refractivity contribution in [3.8, 4) is 0 Å². The Morgan fingerprint density at radius 3 is 2.60 bits per heavy atom. The summed E-state index contributed by atoms with van der Waals surface area (Å²) in [6, 6.07) is 13.6. The number of rotatable bonds is 4. The number of halogens is 1. The molecule has 0 aliphatic rings. The van der Waals surface area contributed by atoms with E-state index in [0.29, 0.717) is 21.3 Å². The molecule has 0 aliphatic carbocycles. The topological polar surface area (TPSA) is 72.2 Å². The minimum atomic E-state index is -1.38. The summed E-state index contributed by atoms with van der Waals surface area (Å²) in [5.41, 5.74) is 6.56. The molecule has 6 heteroatoms. The van der Waals surface area contributed by atoms with Crippen LogP contribution in [-0.2, 0) is 15.6 Å². The van der Waals surface area contributed by atoms with E-state index in [2.05, 4.69) is 5.32 Å². The van der Waals surface area contributed by atoms with Gasteiger partial charge in [-0.2, -0.15) is 0 Å². The van der Waals surface area contributed by atoms with Crippen molar-refractivity contribution < 1.29 is 9.00 Å². The predicted octanol–water partition coefficient (Wildman–Crippen LogP) is 2.67. The van der Waals surface area contributed by atoms with Crippen LogP contribution in [0.25, 0.3) is 0 Å². The Morgan fingerprint density at radius 2 is 1.90 bits per heavy atom. The van der Waals surface area contributed by atoms with Gasteiger partial charge < -0.3 is 11.1 Å². The number of nitrogens with two attached hydrogens (primary N) is 1. The molecule has 0 fully saturated rings. The minimum absolute atomic E-state index is 0.129. The Labute approximate surface area is 124 Å². The fourth-order valence-corrected chi connectivity index (χ4v) is 2.71. The van der Waals surface area contributed by atoms with E-state index >= 15 is 0 Å². The Morgan fingerprint density at radius 1 is 1.20 bits per heavy atom. The molecule has 2 aromatic carbocycles. The summed E-state index contributed by atoms with van der Waals surface area (Å²) in [7, 11) is -1.38. The molecule has 0 aliphatic heterocycles. The van der Waals surface area contributed by atoms with Crippen molar-refractivity contribution >= 4 is 39.7 Å². The van der Waals surface area contributed by atoms with Crippen molar-refractivity contribution in [3.05, 3.63) is 53.6 Å². The maximum Gasteiger partial charge on any atom is 0.237 e. The molecule has 20 heavy (non-hydrogen) atoms. The number of amides is 1. The number of carbonyl (C=O) groups is 1. The van der Waals surface area contributed by atoms with Crippen LogP contribution in [0.1, 0.15) is 0 Å². The second-order valence-electron chi connectivity index (χ2n) is 4.08. The summed E-state index contributed by atoms with van der Waals surface area (Å²) in [6.45, 7) is 0. The molecule has 0 saturated heterocycles. The van der Waals surface area contributed by atoms with Gasteiger partial charge in [-0.15, -0.1) is 0 Å². The SMILES string of the molecule is Nc1ccc(Cl)cc1NC(=O)CS(=O)c1ccccc1. The zero-order valence-electron chi connectivity index (χ0n) is 10.5. The molecule has 2 rings (SSSR count). The third kappa shape index (κ3) is 3.82. The normalized spacial score (nSPS) is 11.8. The van der Waals surface area contributed by atoms with Gasteiger partial charge in [-0.1, -0.05) is 29.8 Å². The third-order valence-corrected chi connectivity index (χ3v) is 4.12. The van der Waals surface area contributed by atoms with Crippen LogP contribution in [0.2, 0.25) is 5.02 Å². The summed E-state index contributed by atoms with van der Waals surface area (Å²) < 4.78 is 12.0. The fraction of sp³-hybridized carbons (Fsp3) is 0.0714. The lowest BCUT2D eigenvalue weighted by atomic mass is 10.2. The summed E-state index contributed by atoms with van der Waals surface area (Å²) >= 11 is 5.84. The van der Waals surface area contributed by atoms with Gasteiger partial charge in [-0.3, -0.25) is 9.00 Å². The second-order valence-corrected chi connectivity index (χ2v) is 5.97. The van der Waals surface area contributed by atoms with Gasteiger partial charge in [0.15, 0.2) is 0 Å². The number of hydrogen-bond donors (Lipinski definition) is 2. The molecular weight excluding hydrogens is 296 g/mol. The molecule has 104 valence electrons. The van der Waals surface area contributed by atoms with Gasteiger partial charge in [0, 0.05) is 9.92 Å². The van der Waals surface area contributed by atoms with Crippen LogP contribution in [-0.4, -0.2) is 15.9 Å². The van der Waals surface area contributed by atoms with E-state index in [0.717, 1.165) is 0 Å². The van der Waals surface area contributed by atoms with Crippen molar-refractivity contribution in [2.75, 3.05) is 16.8 Å². The summed E-state index contributed by atoms with van der Waals surface area (Å²) in [5, 5.41) is 3.08. The van der Waals surface area contributed by atoms with Crippen molar-refractivity contribution in [1.29, 1.82) is 0 Å². The van der Waals surface area contributed by atoms with Crippen LogP contribution in [0.3, 0.4) is 0 Å². The molecule has 0 aromatic heterocycles. The first-order chi connectivity index (χ1) is 9.56. The van der Waals surface area contributed by atoms with E-state index < -0.39 is 10.8 Å². The summed E-state index contributed by atoms with van der Waals surface area (Å²) in [6.07, 6.45) is 0. The van der Waals surface area contributed by atoms with E-state index in [4.69, 9.17) is 17.3 Å². The second kappa shape index (κ2) is 6.54. The molecule has 0 bridgehead atoms. The minimum Gasteiger partial charge on any atom is -0.397 e. The molecule has 0 heterocycles. The first-order valence-electron chi connectivity index (χ1n) is 5.84. The van der Waals surface area contributed by atoms with Crippen molar-refractivity contribution in [1.82, 2.24) is 0 Å². The number of hydrogen-bond acceptors (Lipinski definition) is 3. The highest BCUT2D eigenvalue weighted by atomic mass is 35.5. The zero-order valence-corrected chi connectivity index (χ0v) is 12.1. The first kappa shape index (κ1) is 14.6. The van der Waals surface area contributed by atoms with Gasteiger partial charge in [0.25, 0.3) is 0 Å². The molecule has 0 saturated carbocycles. The van der Waals surface area contributed by atoms with Crippen LogP contribution in [0.4, 0.5) is 11.4 Å². The quantitative estimate of drug-likeness (QED) is 0.853. The van der Waals surface area contributed by atoms with E-state index in [9.17, 15) is 9.00 Å². The van der Waals surface area contributed by atoms with Gasteiger partial charge in [-0.05, 0) is 30.3 Å². The van der Waals surface area contributed by atoms with Gasteiger partial charge in [0.05, 0.1) is 22.2 Å². The predicted molar refractivity (Wildman–Crippen MR) is 82.2 cm³/mol. The standard InChI is InChI=1S/C14H13ClN2O2S/c15-10-6-7-12(16)13(8-10)17-14(18)9-20(19)11-4-2-1-3-5-11/h1-8H,9,16H2,(H,17,18). The highest BCUT2D eigenvalue weighted by molar-refractivity contribution is 7.85. The van der Waals surface area contributed by atoms with Gasteiger partial charge in [0.1, 0.15) is 5.75 Å². The molecule has 1 atom stereocenters. The Kier molecular flexibility index (Phi) is 4.76. The molecular formula is C14H13ClN2O2S. The van der Waals surface area contributed by atoms with Crippen LogP contribution in [0.5, 0.6) is 0 Å². The Balaban J connectivity index is 2.03. The van der Waals surface area contributed by atoms with E-state index in [1.165, 1.54) is 0 Å². The van der Waals surface area contributed by atoms with E-state index in [-0.39, 0.29) is 11.7 Å². The number of benzene rings is 2. The lowest BCUT2D eigenvalue weighted by molar-refractivity contribution is -0.113. The Hall–Kier alpha value is -1.85. The molecule has 0 spiro atoms. The molecule has 1 amide bonds. The van der Waals surface area contributed by atoms with E-state index in [1.807, 2.05) is 6.07 Å². The van der Waals surface area contributed by atoms with E-state index in [1.54, 1.807) is 42.5 Å². The first-order valence-corrected chi connectivity index (χ1v) is 7.54. The van der Waals surface area contributed by atoms with Crippen LogP contribution in [0.15, 0.2) is 53.4 Å². The number of nitrogen functional groups attached to an aromatic ring is 1. The maximum absolute atomic E-state index is 12.0. The number of nitrogens with one attached hydrogen (secondary N) is 1. The summed E-state index contributed by atoms with van der Waals surface area (Å²) in [5.74, 6) is -0.503. The Bertz CT molecular complexity index is 647. The van der Waals surface area contributed by atoms with Gasteiger partial charge >= 0.3 is 0 Å². The number of anilines is 2. The molecule has 0 radical (unpaired) electrons. The smallest absolute Gasteiger partial charge is 0.237 e. The monoisotopic (exact) mass is 308 g/mol. The van der Waals surface area contributed by atoms with Crippen molar-refractivity contribution in [2.24, 2.45) is 0 Å². The molecule has 1 unspecified atom stereocenters. The zero-order chi connectivity index (χ0) is 14.5.